The van der Waals surface area contributed by atoms with E-state index in [0.717, 1.165) is 12.8 Å². The minimum absolute atomic E-state index is 0.0602. The van der Waals surface area contributed by atoms with Gasteiger partial charge in [0.2, 0.25) is 11.8 Å². The van der Waals surface area contributed by atoms with Gasteiger partial charge in [-0.15, -0.1) is 0 Å². The van der Waals surface area contributed by atoms with Gasteiger partial charge in [-0.3, -0.25) is 9.59 Å². The van der Waals surface area contributed by atoms with Crippen LogP contribution in [0.25, 0.3) is 0 Å². The lowest BCUT2D eigenvalue weighted by molar-refractivity contribution is -0.141. The fourth-order valence-electron chi connectivity index (χ4n) is 3.62. The Bertz CT molecular complexity index is 390. The third-order valence-electron chi connectivity index (χ3n) is 4.93. The molecule has 1 unspecified atom stereocenters. The van der Waals surface area contributed by atoms with E-state index in [1.807, 2.05) is 18.7 Å². The second kappa shape index (κ2) is 9.26. The van der Waals surface area contributed by atoms with Gasteiger partial charge in [0.1, 0.15) is 0 Å². The number of hydrogen-bond donors (Lipinski definition) is 1. The van der Waals surface area contributed by atoms with Gasteiger partial charge in [0.15, 0.2) is 0 Å². The summed E-state index contributed by atoms with van der Waals surface area (Å²) in [4.78, 5) is 26.6. The first-order valence-corrected chi connectivity index (χ1v) is 9.26. The molecule has 2 rings (SSSR count). The maximum Gasteiger partial charge on any atom is 0.224 e. The zero-order valence-electron chi connectivity index (χ0n) is 14.7. The molecule has 1 saturated carbocycles. The first-order chi connectivity index (χ1) is 11.1. The molecule has 1 heterocycles. The van der Waals surface area contributed by atoms with E-state index in [1.54, 1.807) is 0 Å². The van der Waals surface area contributed by atoms with Crippen molar-refractivity contribution in [2.24, 2.45) is 5.92 Å². The number of rotatable bonds is 6. The molecule has 0 bridgehead atoms. The number of nitrogens with one attached hydrogen (secondary N) is 1. The van der Waals surface area contributed by atoms with Crippen LogP contribution in [0.3, 0.4) is 0 Å². The minimum Gasteiger partial charge on any atom is -0.377 e. The number of likely N-dealkylation sites (tertiary alicyclic amines) is 1. The van der Waals surface area contributed by atoms with Crippen molar-refractivity contribution in [3.8, 4) is 0 Å². The van der Waals surface area contributed by atoms with Gasteiger partial charge in [-0.05, 0) is 33.1 Å². The third-order valence-corrected chi connectivity index (χ3v) is 4.93. The maximum absolute atomic E-state index is 12.3. The number of piperidine rings is 1. The molecule has 1 aliphatic carbocycles. The number of amides is 2. The van der Waals surface area contributed by atoms with Crippen LogP contribution in [0.2, 0.25) is 0 Å². The third kappa shape index (κ3) is 5.79. The van der Waals surface area contributed by atoms with Gasteiger partial charge >= 0.3 is 0 Å². The number of hydrogen-bond acceptors (Lipinski definition) is 3. The molecule has 0 aromatic carbocycles. The molecular formula is C18H32N2O3. The molecule has 1 saturated heterocycles. The van der Waals surface area contributed by atoms with E-state index in [-0.39, 0.29) is 23.8 Å². The molecule has 0 radical (unpaired) electrons. The molecule has 0 aromatic heterocycles. The maximum atomic E-state index is 12.3. The zero-order chi connectivity index (χ0) is 16.7. The predicted molar refractivity (Wildman–Crippen MR) is 90.0 cm³/mol. The molecule has 1 atom stereocenters. The van der Waals surface area contributed by atoms with Crippen molar-refractivity contribution in [1.82, 2.24) is 10.2 Å². The van der Waals surface area contributed by atoms with Crippen LogP contribution >= 0.6 is 0 Å². The number of nitrogens with zero attached hydrogens (tertiary/aromatic N) is 1. The Hall–Kier alpha value is -1.10. The molecule has 5 heteroatoms. The monoisotopic (exact) mass is 324 g/mol. The molecule has 1 N–H and O–H groups in total. The number of carbonyl (C=O) groups excluding carboxylic acids is 2. The van der Waals surface area contributed by atoms with E-state index >= 15 is 0 Å². The molecule has 2 amide bonds. The summed E-state index contributed by atoms with van der Waals surface area (Å²) in [5.74, 6) is 0.252. The SMILES string of the molecule is CC(C)OCCNC(=O)C1CCC(=O)N(C2CCCCCC2)C1. The Morgan fingerprint density at radius 3 is 2.57 bits per heavy atom. The summed E-state index contributed by atoms with van der Waals surface area (Å²) in [7, 11) is 0. The molecule has 0 aromatic rings. The molecule has 23 heavy (non-hydrogen) atoms. The standard InChI is InChI=1S/C18H32N2O3/c1-14(2)23-12-11-19-18(22)15-9-10-17(21)20(13-15)16-7-5-3-4-6-8-16/h14-16H,3-13H2,1-2H3,(H,19,22). The van der Waals surface area contributed by atoms with E-state index in [9.17, 15) is 9.59 Å². The fraction of sp³-hybridized carbons (Fsp3) is 0.889. The van der Waals surface area contributed by atoms with Gasteiger partial charge in [0, 0.05) is 25.6 Å². The summed E-state index contributed by atoms with van der Waals surface area (Å²) in [6, 6.07) is 0.352. The number of ether oxygens (including phenoxy) is 1. The van der Waals surface area contributed by atoms with Crippen molar-refractivity contribution < 1.29 is 14.3 Å². The van der Waals surface area contributed by atoms with Crippen LogP contribution in [0, 0.1) is 5.92 Å². The van der Waals surface area contributed by atoms with Crippen LogP contribution in [0.15, 0.2) is 0 Å². The summed E-state index contributed by atoms with van der Waals surface area (Å²) in [5, 5.41) is 2.96. The molecule has 2 aliphatic rings. The summed E-state index contributed by atoms with van der Waals surface area (Å²) in [6.45, 7) is 5.66. The number of carbonyl (C=O) groups is 2. The highest BCUT2D eigenvalue weighted by atomic mass is 16.5. The van der Waals surface area contributed by atoms with Gasteiger partial charge in [0.25, 0.3) is 0 Å². The second-order valence-corrected chi connectivity index (χ2v) is 7.14. The molecule has 5 nitrogen and oxygen atoms in total. The molecule has 132 valence electrons. The average molecular weight is 324 g/mol. The fourth-order valence-corrected chi connectivity index (χ4v) is 3.62. The van der Waals surface area contributed by atoms with Gasteiger partial charge < -0.3 is 15.0 Å². The lowest BCUT2D eigenvalue weighted by Gasteiger charge is -2.37. The highest BCUT2D eigenvalue weighted by molar-refractivity contribution is 5.84. The smallest absolute Gasteiger partial charge is 0.224 e. The quantitative estimate of drug-likeness (QED) is 0.603. The van der Waals surface area contributed by atoms with E-state index in [1.165, 1.54) is 25.7 Å². The van der Waals surface area contributed by atoms with E-state index in [0.29, 0.717) is 38.6 Å². The van der Waals surface area contributed by atoms with Gasteiger partial charge in [0.05, 0.1) is 18.6 Å². The van der Waals surface area contributed by atoms with Crippen molar-refractivity contribution in [2.75, 3.05) is 19.7 Å². The van der Waals surface area contributed by atoms with Crippen LogP contribution < -0.4 is 5.32 Å². The average Bonchev–Trinajstić information content (AvgIpc) is 2.80. The summed E-state index contributed by atoms with van der Waals surface area (Å²) >= 11 is 0. The van der Waals surface area contributed by atoms with Crippen LogP contribution in [-0.4, -0.2) is 48.6 Å². The van der Waals surface area contributed by atoms with Crippen molar-refractivity contribution in [2.45, 2.75) is 77.4 Å². The summed E-state index contributed by atoms with van der Waals surface area (Å²) < 4.78 is 5.45. The minimum atomic E-state index is -0.0602. The molecule has 2 fully saturated rings. The van der Waals surface area contributed by atoms with Crippen molar-refractivity contribution in [3.63, 3.8) is 0 Å². The normalized spacial score (nSPS) is 23.9. The van der Waals surface area contributed by atoms with Gasteiger partial charge in [-0.2, -0.15) is 0 Å². The van der Waals surface area contributed by atoms with Crippen LogP contribution in [0.1, 0.15) is 65.2 Å². The van der Waals surface area contributed by atoms with E-state index < -0.39 is 0 Å². The van der Waals surface area contributed by atoms with Crippen LogP contribution in [0.5, 0.6) is 0 Å². The molecule has 1 aliphatic heterocycles. The first-order valence-electron chi connectivity index (χ1n) is 9.26. The predicted octanol–water partition coefficient (Wildman–Crippen LogP) is 2.49. The highest BCUT2D eigenvalue weighted by Crippen LogP contribution is 2.27. The van der Waals surface area contributed by atoms with Crippen molar-refractivity contribution in [3.05, 3.63) is 0 Å². The molecule has 0 spiro atoms. The topological polar surface area (TPSA) is 58.6 Å². The highest BCUT2D eigenvalue weighted by Gasteiger charge is 2.34. The summed E-state index contributed by atoms with van der Waals surface area (Å²) in [5.41, 5.74) is 0. The van der Waals surface area contributed by atoms with Crippen molar-refractivity contribution >= 4 is 11.8 Å². The van der Waals surface area contributed by atoms with Crippen LogP contribution in [0.4, 0.5) is 0 Å². The Labute approximate surface area is 140 Å². The van der Waals surface area contributed by atoms with Crippen LogP contribution in [-0.2, 0) is 14.3 Å². The van der Waals surface area contributed by atoms with E-state index in [4.69, 9.17) is 4.74 Å². The lowest BCUT2D eigenvalue weighted by atomic mass is 9.93. The Kier molecular flexibility index (Phi) is 7.34. The Morgan fingerprint density at radius 2 is 1.91 bits per heavy atom. The lowest BCUT2D eigenvalue weighted by Crippen LogP contribution is -2.50. The second-order valence-electron chi connectivity index (χ2n) is 7.14. The van der Waals surface area contributed by atoms with Gasteiger partial charge in [-0.25, -0.2) is 0 Å². The van der Waals surface area contributed by atoms with Gasteiger partial charge in [-0.1, -0.05) is 25.7 Å². The molecular weight excluding hydrogens is 292 g/mol. The zero-order valence-corrected chi connectivity index (χ0v) is 14.7. The van der Waals surface area contributed by atoms with E-state index in [2.05, 4.69) is 5.32 Å². The largest absolute Gasteiger partial charge is 0.377 e. The summed E-state index contributed by atoms with van der Waals surface area (Å²) in [6.07, 6.45) is 8.54. The Morgan fingerprint density at radius 1 is 1.22 bits per heavy atom. The Balaban J connectivity index is 1.81. The van der Waals surface area contributed by atoms with Crippen molar-refractivity contribution in [1.29, 1.82) is 0 Å². The first kappa shape index (κ1) is 18.2.